The minimum absolute atomic E-state index is 0.117. The van der Waals surface area contributed by atoms with Gasteiger partial charge in [0.15, 0.2) is 0 Å². The third kappa shape index (κ3) is 4.26. The summed E-state index contributed by atoms with van der Waals surface area (Å²) in [5.41, 5.74) is 8.13. The molecule has 0 unspecified atom stereocenters. The summed E-state index contributed by atoms with van der Waals surface area (Å²) in [4.78, 5) is 17.3. The maximum Gasteiger partial charge on any atom is 0.252 e. The smallest absolute Gasteiger partial charge is 0.252 e. The van der Waals surface area contributed by atoms with E-state index in [0.29, 0.717) is 11.4 Å². The number of hydrazine groups is 1. The normalized spacial score (nSPS) is 11.2. The fraction of sp³-hybridized carbons (Fsp3) is 0.200. The van der Waals surface area contributed by atoms with Crippen molar-refractivity contribution in [3.05, 3.63) is 66.2 Å². The lowest BCUT2D eigenvalue weighted by atomic mass is 10.0. The van der Waals surface area contributed by atoms with Crippen molar-refractivity contribution < 1.29 is 4.79 Å². The number of hydrogen-bond acceptors (Lipinski definition) is 4. The number of nitrogens with one attached hydrogen (secondary N) is 3. The van der Waals surface area contributed by atoms with Gasteiger partial charge in [-0.3, -0.25) is 15.6 Å². The van der Waals surface area contributed by atoms with Crippen molar-refractivity contribution in [1.82, 2.24) is 10.3 Å². The molecule has 5 nitrogen and oxygen atoms in total. The molecule has 0 spiro atoms. The average molecular weight is 334 g/mol. The molecular weight excluding hydrogens is 312 g/mol. The minimum atomic E-state index is -0.308. The van der Waals surface area contributed by atoms with Crippen LogP contribution in [0.1, 0.15) is 31.1 Å². The molecule has 3 aromatic rings. The minimum Gasteiger partial charge on any atom is -0.347 e. The highest BCUT2D eigenvalue weighted by Crippen LogP contribution is 2.21. The van der Waals surface area contributed by atoms with Gasteiger partial charge in [-0.15, -0.1) is 0 Å². The second-order valence-electron chi connectivity index (χ2n) is 6.89. The quantitative estimate of drug-likeness (QED) is 0.626. The molecule has 0 aliphatic rings. The van der Waals surface area contributed by atoms with Gasteiger partial charge >= 0.3 is 0 Å². The van der Waals surface area contributed by atoms with Crippen LogP contribution in [-0.2, 0) is 0 Å². The summed E-state index contributed by atoms with van der Waals surface area (Å²) in [6, 6.07) is 19.1. The molecule has 128 valence electrons. The van der Waals surface area contributed by atoms with E-state index in [2.05, 4.69) is 21.2 Å². The Morgan fingerprint density at radius 1 is 0.920 bits per heavy atom. The summed E-state index contributed by atoms with van der Waals surface area (Å²) in [6.07, 6.45) is 0. The number of hydrogen-bond donors (Lipinski definition) is 3. The van der Waals surface area contributed by atoms with Gasteiger partial charge in [-0.05, 0) is 45.0 Å². The number of amides is 1. The highest BCUT2D eigenvalue weighted by Gasteiger charge is 2.18. The van der Waals surface area contributed by atoms with Crippen molar-refractivity contribution in [3.8, 4) is 0 Å². The van der Waals surface area contributed by atoms with Gasteiger partial charge < -0.3 is 5.32 Å². The monoisotopic (exact) mass is 334 g/mol. The van der Waals surface area contributed by atoms with Crippen molar-refractivity contribution in [2.24, 2.45) is 0 Å². The molecule has 3 N–H and O–H groups in total. The summed E-state index contributed by atoms with van der Waals surface area (Å²) < 4.78 is 0. The van der Waals surface area contributed by atoms with Crippen molar-refractivity contribution in [1.29, 1.82) is 0 Å². The Labute approximate surface area is 147 Å². The number of pyridine rings is 1. The number of carbonyl (C=O) groups is 1. The first-order chi connectivity index (χ1) is 11.9. The highest BCUT2D eigenvalue weighted by molar-refractivity contribution is 6.07. The number of benzene rings is 2. The molecule has 0 atom stereocenters. The molecule has 5 heteroatoms. The molecular formula is C20H22N4O. The van der Waals surface area contributed by atoms with E-state index in [9.17, 15) is 4.79 Å². The van der Waals surface area contributed by atoms with E-state index in [1.807, 2.05) is 75.4 Å². The molecule has 25 heavy (non-hydrogen) atoms. The Morgan fingerprint density at radius 2 is 1.60 bits per heavy atom. The number of rotatable bonds is 4. The number of aromatic nitrogens is 1. The first kappa shape index (κ1) is 16.8. The predicted molar refractivity (Wildman–Crippen MR) is 103 cm³/mol. The van der Waals surface area contributed by atoms with Crippen LogP contribution in [0.15, 0.2) is 60.7 Å². The molecule has 1 amide bonds. The number of nitrogens with zero attached hydrogens (tertiary/aromatic N) is 1. The second-order valence-corrected chi connectivity index (χ2v) is 6.89. The predicted octanol–water partition coefficient (Wildman–Crippen LogP) is 4.20. The van der Waals surface area contributed by atoms with Crippen LogP contribution in [0.3, 0.4) is 0 Å². The molecule has 0 radical (unpaired) electrons. The summed E-state index contributed by atoms with van der Waals surface area (Å²) in [6.45, 7) is 5.89. The Morgan fingerprint density at radius 3 is 2.32 bits per heavy atom. The van der Waals surface area contributed by atoms with Gasteiger partial charge in [0, 0.05) is 10.9 Å². The fourth-order valence-electron chi connectivity index (χ4n) is 2.49. The molecule has 1 aromatic heterocycles. The van der Waals surface area contributed by atoms with E-state index >= 15 is 0 Å². The number of para-hydroxylation sites is 2. The summed E-state index contributed by atoms with van der Waals surface area (Å²) in [7, 11) is 0. The molecule has 0 saturated carbocycles. The molecule has 2 aromatic carbocycles. The van der Waals surface area contributed by atoms with Gasteiger partial charge in [-0.2, -0.15) is 0 Å². The molecule has 0 saturated heterocycles. The first-order valence-corrected chi connectivity index (χ1v) is 8.22. The summed E-state index contributed by atoms with van der Waals surface area (Å²) in [5, 5.41) is 3.84. The van der Waals surface area contributed by atoms with Crippen LogP contribution < -0.4 is 16.2 Å². The molecule has 0 aliphatic heterocycles. The lowest BCUT2D eigenvalue weighted by Crippen LogP contribution is -2.40. The third-order valence-electron chi connectivity index (χ3n) is 3.56. The van der Waals surface area contributed by atoms with Gasteiger partial charge in [0.2, 0.25) is 0 Å². The Balaban J connectivity index is 1.93. The van der Waals surface area contributed by atoms with Gasteiger partial charge in [-0.1, -0.05) is 36.4 Å². The average Bonchev–Trinajstić information content (AvgIpc) is 2.58. The van der Waals surface area contributed by atoms with Crippen LogP contribution in [0.4, 0.5) is 11.5 Å². The van der Waals surface area contributed by atoms with Gasteiger partial charge in [0.05, 0.1) is 16.8 Å². The molecule has 0 bridgehead atoms. The van der Waals surface area contributed by atoms with Crippen molar-refractivity contribution >= 4 is 28.3 Å². The highest BCUT2D eigenvalue weighted by atomic mass is 16.1. The van der Waals surface area contributed by atoms with E-state index in [1.54, 1.807) is 6.07 Å². The van der Waals surface area contributed by atoms with Gasteiger partial charge in [-0.25, -0.2) is 4.98 Å². The maximum absolute atomic E-state index is 12.7. The Bertz CT molecular complexity index is 885. The number of carbonyl (C=O) groups excluding carboxylic acids is 1. The van der Waals surface area contributed by atoms with E-state index in [4.69, 9.17) is 0 Å². The van der Waals surface area contributed by atoms with Crippen LogP contribution in [0.25, 0.3) is 10.9 Å². The second kappa shape index (κ2) is 6.81. The third-order valence-corrected chi connectivity index (χ3v) is 3.56. The SMILES string of the molecule is CC(C)(C)NC(=O)c1cc(NNc2ccccc2)nc2ccccc12. The number of anilines is 2. The summed E-state index contributed by atoms with van der Waals surface area (Å²) >= 11 is 0. The van der Waals surface area contributed by atoms with Crippen LogP contribution in [0, 0.1) is 0 Å². The lowest BCUT2D eigenvalue weighted by Gasteiger charge is -2.21. The Kier molecular flexibility index (Phi) is 4.57. The van der Waals surface area contributed by atoms with E-state index in [1.165, 1.54) is 0 Å². The zero-order valence-electron chi connectivity index (χ0n) is 14.6. The molecule has 0 fully saturated rings. The number of fused-ring (bicyclic) bond motifs is 1. The van der Waals surface area contributed by atoms with Crippen molar-refractivity contribution in [2.75, 3.05) is 10.9 Å². The van der Waals surface area contributed by atoms with Crippen molar-refractivity contribution in [2.45, 2.75) is 26.3 Å². The van der Waals surface area contributed by atoms with Crippen LogP contribution in [0.5, 0.6) is 0 Å². The first-order valence-electron chi connectivity index (χ1n) is 8.22. The van der Waals surface area contributed by atoms with Crippen LogP contribution in [0.2, 0.25) is 0 Å². The topological polar surface area (TPSA) is 66.1 Å². The van der Waals surface area contributed by atoms with Crippen molar-refractivity contribution in [3.63, 3.8) is 0 Å². The zero-order chi connectivity index (χ0) is 17.9. The van der Waals surface area contributed by atoms with Crippen LogP contribution in [-0.4, -0.2) is 16.4 Å². The molecule has 1 heterocycles. The van der Waals surface area contributed by atoms with E-state index in [-0.39, 0.29) is 11.4 Å². The lowest BCUT2D eigenvalue weighted by molar-refractivity contribution is 0.0921. The molecule has 0 aliphatic carbocycles. The maximum atomic E-state index is 12.7. The molecule has 3 rings (SSSR count). The Hall–Kier alpha value is -3.08. The van der Waals surface area contributed by atoms with Gasteiger partial charge in [0.25, 0.3) is 5.91 Å². The fourth-order valence-corrected chi connectivity index (χ4v) is 2.49. The standard InChI is InChI=1S/C20H22N4O/c1-20(2,3)22-19(25)16-13-18(21-17-12-8-7-11-15(16)17)24-23-14-9-5-4-6-10-14/h4-13,23H,1-3H3,(H,21,24)(H,22,25). The van der Waals surface area contributed by atoms with Crippen LogP contribution >= 0.6 is 0 Å². The van der Waals surface area contributed by atoms with E-state index < -0.39 is 0 Å². The van der Waals surface area contributed by atoms with Gasteiger partial charge in [0.1, 0.15) is 5.82 Å². The zero-order valence-corrected chi connectivity index (χ0v) is 14.6. The summed E-state index contributed by atoms with van der Waals surface area (Å²) in [5.74, 6) is 0.468. The van der Waals surface area contributed by atoms with E-state index in [0.717, 1.165) is 16.6 Å². The largest absolute Gasteiger partial charge is 0.347 e.